The Morgan fingerprint density at radius 3 is 2.71 bits per heavy atom. The molecule has 0 aromatic carbocycles. The minimum absolute atomic E-state index is 0.0951. The molecule has 0 saturated heterocycles. The van der Waals surface area contributed by atoms with Gasteiger partial charge < -0.3 is 5.11 Å². The van der Waals surface area contributed by atoms with E-state index in [4.69, 9.17) is 5.11 Å². The number of carboxylic acid groups (broad SMARTS) is 1. The molecule has 0 atom stereocenters. The smallest absolute Gasteiger partial charge is 0.303 e. The molecule has 17 heavy (non-hydrogen) atoms. The van der Waals surface area contributed by atoms with E-state index in [1.165, 1.54) is 4.88 Å². The summed E-state index contributed by atoms with van der Waals surface area (Å²) in [6.45, 7) is 4.13. The first-order valence-electron chi connectivity index (χ1n) is 5.73. The second kappa shape index (κ2) is 4.98. The summed E-state index contributed by atoms with van der Waals surface area (Å²) in [4.78, 5) is 16.5. The van der Waals surface area contributed by atoms with Crippen molar-refractivity contribution in [2.45, 2.75) is 38.9 Å². The number of rotatable bonds is 6. The highest BCUT2D eigenvalue weighted by atomic mass is 32.2. The van der Waals surface area contributed by atoms with Gasteiger partial charge in [-0.25, -0.2) is 4.98 Å². The second-order valence-electron chi connectivity index (χ2n) is 4.81. The molecule has 0 spiro atoms. The largest absolute Gasteiger partial charge is 0.481 e. The quantitative estimate of drug-likeness (QED) is 0.863. The minimum Gasteiger partial charge on any atom is -0.481 e. The molecule has 0 amide bonds. The SMILES string of the molecule is Cc1nc(CSCC2(CC(=O)O)CC2)sc1C. The Balaban J connectivity index is 1.78. The fourth-order valence-electron chi connectivity index (χ4n) is 1.83. The highest BCUT2D eigenvalue weighted by molar-refractivity contribution is 7.98. The lowest BCUT2D eigenvalue weighted by atomic mass is 10.1. The molecule has 5 heteroatoms. The van der Waals surface area contributed by atoms with Crippen molar-refractivity contribution in [1.82, 2.24) is 4.98 Å². The summed E-state index contributed by atoms with van der Waals surface area (Å²) < 4.78 is 0. The average Bonchev–Trinajstić information content (AvgIpc) is 2.88. The van der Waals surface area contributed by atoms with Crippen molar-refractivity contribution in [3.63, 3.8) is 0 Å². The van der Waals surface area contributed by atoms with Gasteiger partial charge in [0.05, 0.1) is 12.1 Å². The first-order valence-corrected chi connectivity index (χ1v) is 7.70. The summed E-state index contributed by atoms with van der Waals surface area (Å²) in [5, 5.41) is 9.99. The third-order valence-electron chi connectivity index (χ3n) is 3.19. The predicted molar refractivity (Wildman–Crippen MR) is 71.7 cm³/mol. The number of aromatic nitrogens is 1. The zero-order valence-corrected chi connectivity index (χ0v) is 11.8. The zero-order chi connectivity index (χ0) is 12.5. The summed E-state index contributed by atoms with van der Waals surface area (Å²) in [5.74, 6) is 1.21. The highest BCUT2D eigenvalue weighted by Gasteiger charge is 2.44. The fourth-order valence-corrected chi connectivity index (χ4v) is 4.21. The number of thioether (sulfide) groups is 1. The number of carbonyl (C=O) groups is 1. The summed E-state index contributed by atoms with van der Waals surface area (Å²) in [5.41, 5.74) is 1.22. The van der Waals surface area contributed by atoms with Crippen molar-refractivity contribution < 1.29 is 9.90 Å². The molecule has 2 rings (SSSR count). The topological polar surface area (TPSA) is 50.2 Å². The van der Waals surface area contributed by atoms with Gasteiger partial charge in [-0.3, -0.25) is 4.79 Å². The molecule has 1 saturated carbocycles. The Hall–Kier alpha value is -0.550. The normalized spacial score (nSPS) is 17.1. The summed E-state index contributed by atoms with van der Waals surface area (Å²) in [6.07, 6.45) is 2.47. The molecule has 1 aliphatic rings. The van der Waals surface area contributed by atoms with Gasteiger partial charge in [-0.15, -0.1) is 11.3 Å². The standard InChI is InChI=1S/C12H17NO2S2/c1-8-9(2)17-10(13-8)6-16-7-12(3-4-12)5-11(14)15/h3-7H2,1-2H3,(H,14,15). The predicted octanol–water partition coefficient (Wildman–Crippen LogP) is 3.25. The third kappa shape index (κ3) is 3.45. The van der Waals surface area contributed by atoms with Crippen LogP contribution in [0.5, 0.6) is 0 Å². The van der Waals surface area contributed by atoms with Gasteiger partial charge in [0.25, 0.3) is 0 Å². The lowest BCUT2D eigenvalue weighted by molar-refractivity contribution is -0.138. The van der Waals surface area contributed by atoms with E-state index in [0.29, 0.717) is 6.42 Å². The molecule has 0 unspecified atom stereocenters. The maximum atomic E-state index is 10.7. The Labute approximate surface area is 110 Å². The van der Waals surface area contributed by atoms with Gasteiger partial charge in [-0.2, -0.15) is 11.8 Å². The first-order chi connectivity index (χ1) is 8.01. The molecule has 3 nitrogen and oxygen atoms in total. The lowest BCUT2D eigenvalue weighted by Crippen LogP contribution is -2.11. The van der Waals surface area contributed by atoms with E-state index in [1.54, 1.807) is 11.3 Å². The van der Waals surface area contributed by atoms with Crippen LogP contribution in [-0.2, 0) is 10.5 Å². The van der Waals surface area contributed by atoms with Gasteiger partial charge >= 0.3 is 5.97 Å². The molecule has 1 heterocycles. The Morgan fingerprint density at radius 1 is 1.53 bits per heavy atom. The average molecular weight is 271 g/mol. The highest BCUT2D eigenvalue weighted by Crippen LogP contribution is 2.51. The number of hydrogen-bond acceptors (Lipinski definition) is 4. The molecule has 1 aromatic rings. The van der Waals surface area contributed by atoms with Crippen LogP contribution in [0.15, 0.2) is 0 Å². The van der Waals surface area contributed by atoms with Crippen LogP contribution in [-0.4, -0.2) is 21.8 Å². The minimum atomic E-state index is -0.663. The van der Waals surface area contributed by atoms with Gasteiger partial charge in [-0.1, -0.05) is 0 Å². The summed E-state index contributed by atoms with van der Waals surface area (Å²) >= 11 is 3.58. The summed E-state index contributed by atoms with van der Waals surface area (Å²) in [6, 6.07) is 0. The van der Waals surface area contributed by atoms with Crippen molar-refractivity contribution in [3.05, 3.63) is 15.6 Å². The van der Waals surface area contributed by atoms with Crippen LogP contribution in [0.25, 0.3) is 0 Å². The fraction of sp³-hybridized carbons (Fsp3) is 0.667. The molecule has 1 aromatic heterocycles. The van der Waals surface area contributed by atoms with Crippen LogP contribution in [0.4, 0.5) is 0 Å². The molecule has 1 fully saturated rings. The summed E-state index contributed by atoms with van der Waals surface area (Å²) in [7, 11) is 0. The van der Waals surface area contributed by atoms with Gasteiger partial charge in [0.15, 0.2) is 0 Å². The molecule has 94 valence electrons. The monoisotopic (exact) mass is 271 g/mol. The van der Waals surface area contributed by atoms with E-state index < -0.39 is 5.97 Å². The molecule has 1 N–H and O–H groups in total. The lowest BCUT2D eigenvalue weighted by Gasteiger charge is -2.10. The van der Waals surface area contributed by atoms with Crippen molar-refractivity contribution >= 4 is 29.1 Å². The molecule has 0 aliphatic heterocycles. The van der Waals surface area contributed by atoms with Gasteiger partial charge in [0.1, 0.15) is 5.01 Å². The first kappa shape index (κ1) is 12.9. The van der Waals surface area contributed by atoms with Gasteiger partial charge in [0.2, 0.25) is 0 Å². The number of hydrogen-bond donors (Lipinski definition) is 1. The van der Waals surface area contributed by atoms with Crippen molar-refractivity contribution in [2.75, 3.05) is 5.75 Å². The molecular formula is C12H17NO2S2. The molecular weight excluding hydrogens is 254 g/mol. The van der Waals surface area contributed by atoms with Crippen molar-refractivity contribution in [2.24, 2.45) is 5.41 Å². The Kier molecular flexibility index (Phi) is 3.78. The van der Waals surface area contributed by atoms with E-state index in [0.717, 1.165) is 35.0 Å². The van der Waals surface area contributed by atoms with Crippen molar-refractivity contribution in [3.8, 4) is 0 Å². The Bertz CT molecular complexity index is 405. The molecule has 1 aliphatic carbocycles. The maximum absolute atomic E-state index is 10.7. The number of aryl methyl sites for hydroxylation is 2. The van der Waals surface area contributed by atoms with E-state index in [2.05, 4.69) is 11.9 Å². The number of thiazole rings is 1. The van der Waals surface area contributed by atoms with Crippen molar-refractivity contribution in [1.29, 1.82) is 0 Å². The van der Waals surface area contributed by atoms with Gasteiger partial charge in [0, 0.05) is 10.6 Å². The van der Waals surface area contributed by atoms with Crippen LogP contribution in [0.1, 0.15) is 34.8 Å². The third-order valence-corrected chi connectivity index (χ3v) is 5.74. The van der Waals surface area contributed by atoms with Crippen LogP contribution >= 0.6 is 23.1 Å². The van der Waals surface area contributed by atoms with Crippen LogP contribution < -0.4 is 0 Å². The maximum Gasteiger partial charge on any atom is 0.303 e. The van der Waals surface area contributed by atoms with E-state index >= 15 is 0 Å². The Morgan fingerprint density at radius 2 is 2.24 bits per heavy atom. The number of aliphatic carboxylic acids is 1. The van der Waals surface area contributed by atoms with E-state index in [-0.39, 0.29) is 5.41 Å². The van der Waals surface area contributed by atoms with E-state index in [1.807, 2.05) is 18.7 Å². The van der Waals surface area contributed by atoms with Gasteiger partial charge in [-0.05, 0) is 37.9 Å². The number of nitrogens with zero attached hydrogens (tertiary/aromatic N) is 1. The second-order valence-corrected chi connectivity index (χ2v) is 7.09. The van der Waals surface area contributed by atoms with Crippen LogP contribution in [0.2, 0.25) is 0 Å². The van der Waals surface area contributed by atoms with Crippen LogP contribution in [0, 0.1) is 19.3 Å². The van der Waals surface area contributed by atoms with E-state index in [9.17, 15) is 4.79 Å². The number of carboxylic acids is 1. The zero-order valence-electron chi connectivity index (χ0n) is 10.2. The molecule has 0 radical (unpaired) electrons. The van der Waals surface area contributed by atoms with Crippen LogP contribution in [0.3, 0.4) is 0 Å². The molecule has 0 bridgehead atoms.